The van der Waals surface area contributed by atoms with Gasteiger partial charge in [-0.05, 0) is 38.5 Å². The van der Waals surface area contributed by atoms with Crippen LogP contribution < -0.4 is 10.6 Å². The van der Waals surface area contributed by atoms with Gasteiger partial charge in [0.1, 0.15) is 5.54 Å². The second kappa shape index (κ2) is 8.58. The zero-order chi connectivity index (χ0) is 20.2. The molecule has 2 N–H and O–H groups in total. The summed E-state index contributed by atoms with van der Waals surface area (Å²) in [6.07, 6.45) is 0.202. The van der Waals surface area contributed by atoms with E-state index in [1.807, 2.05) is 0 Å². The van der Waals surface area contributed by atoms with E-state index in [2.05, 4.69) is 10.6 Å². The van der Waals surface area contributed by atoms with Crippen molar-refractivity contribution in [1.82, 2.24) is 10.2 Å². The first kappa shape index (κ1) is 21.0. The number of hydrogen-bond acceptors (Lipinski definition) is 5. The number of nitrogens with zero attached hydrogens (tertiary/aromatic N) is 1. The maximum atomic E-state index is 12.0. The van der Waals surface area contributed by atoms with Crippen molar-refractivity contribution in [3.63, 3.8) is 0 Å². The maximum Gasteiger partial charge on any atom is 0.325 e. The van der Waals surface area contributed by atoms with E-state index in [4.69, 9.17) is 27.9 Å². The fourth-order valence-electron chi connectivity index (χ4n) is 2.44. The minimum absolute atomic E-state index is 0.0340. The number of carbonyl (C=O) groups excluding carboxylic acids is 4. The first-order chi connectivity index (χ1) is 12.6. The van der Waals surface area contributed by atoms with Gasteiger partial charge in [-0.3, -0.25) is 19.3 Å². The molecule has 1 saturated heterocycles. The summed E-state index contributed by atoms with van der Waals surface area (Å²) in [5.41, 5.74) is -0.562. The Morgan fingerprint density at radius 3 is 2.37 bits per heavy atom. The SMILES string of the molecule is CC1(C)NC(=O)N(CCCC(=O)OCC(=O)Nc2cc(Cl)cc(Cl)c2)C1=O. The van der Waals surface area contributed by atoms with Crippen LogP contribution in [0, 0.1) is 0 Å². The third-order valence-electron chi connectivity index (χ3n) is 3.72. The summed E-state index contributed by atoms with van der Waals surface area (Å²) in [5.74, 6) is -1.50. The van der Waals surface area contributed by atoms with E-state index < -0.39 is 30.1 Å². The highest BCUT2D eigenvalue weighted by Crippen LogP contribution is 2.22. The van der Waals surface area contributed by atoms with Gasteiger partial charge >= 0.3 is 12.0 Å². The lowest BCUT2D eigenvalue weighted by molar-refractivity contribution is -0.147. The predicted octanol–water partition coefficient (Wildman–Crippen LogP) is 2.59. The van der Waals surface area contributed by atoms with Crippen molar-refractivity contribution < 1.29 is 23.9 Å². The second-order valence-electron chi connectivity index (χ2n) is 6.48. The number of rotatable bonds is 7. The summed E-state index contributed by atoms with van der Waals surface area (Å²) in [6.45, 7) is 2.83. The molecular weight excluding hydrogens is 397 g/mol. The van der Waals surface area contributed by atoms with E-state index in [-0.39, 0.29) is 25.3 Å². The zero-order valence-electron chi connectivity index (χ0n) is 14.8. The number of benzene rings is 1. The Kier molecular flexibility index (Phi) is 6.67. The summed E-state index contributed by atoms with van der Waals surface area (Å²) < 4.78 is 4.87. The summed E-state index contributed by atoms with van der Waals surface area (Å²) in [4.78, 5) is 48.3. The van der Waals surface area contributed by atoms with Crippen molar-refractivity contribution in [1.29, 1.82) is 0 Å². The minimum atomic E-state index is -0.946. The molecule has 0 radical (unpaired) electrons. The smallest absolute Gasteiger partial charge is 0.325 e. The fraction of sp³-hybridized carbons (Fsp3) is 0.412. The van der Waals surface area contributed by atoms with Crippen LogP contribution in [-0.2, 0) is 19.1 Å². The predicted molar refractivity (Wildman–Crippen MR) is 99.6 cm³/mol. The normalized spacial score (nSPS) is 15.5. The van der Waals surface area contributed by atoms with E-state index in [1.165, 1.54) is 18.2 Å². The summed E-state index contributed by atoms with van der Waals surface area (Å²) >= 11 is 11.7. The summed E-state index contributed by atoms with van der Waals surface area (Å²) in [5, 5.41) is 5.78. The van der Waals surface area contributed by atoms with Gasteiger partial charge in [0, 0.05) is 28.7 Å². The molecule has 146 valence electrons. The van der Waals surface area contributed by atoms with Crippen LogP contribution in [0.4, 0.5) is 10.5 Å². The molecule has 8 nitrogen and oxygen atoms in total. The van der Waals surface area contributed by atoms with Gasteiger partial charge in [0.25, 0.3) is 11.8 Å². The van der Waals surface area contributed by atoms with Gasteiger partial charge in [0.05, 0.1) is 0 Å². The van der Waals surface area contributed by atoms with Gasteiger partial charge in [-0.25, -0.2) is 4.79 Å². The molecule has 2 rings (SSSR count). The number of carbonyl (C=O) groups is 4. The molecule has 0 aliphatic carbocycles. The Morgan fingerprint density at radius 2 is 1.81 bits per heavy atom. The third-order valence-corrected chi connectivity index (χ3v) is 4.15. The number of ether oxygens (including phenoxy) is 1. The molecule has 1 aromatic rings. The Hall–Kier alpha value is -2.32. The van der Waals surface area contributed by atoms with E-state index in [1.54, 1.807) is 13.8 Å². The molecule has 1 aliphatic rings. The average molecular weight is 416 g/mol. The average Bonchev–Trinajstić information content (AvgIpc) is 2.73. The molecule has 10 heteroatoms. The number of imide groups is 1. The third kappa shape index (κ3) is 5.83. The van der Waals surface area contributed by atoms with Crippen LogP contribution in [-0.4, -0.2) is 47.4 Å². The van der Waals surface area contributed by atoms with Gasteiger partial charge < -0.3 is 15.4 Å². The zero-order valence-corrected chi connectivity index (χ0v) is 16.3. The van der Waals surface area contributed by atoms with Crippen LogP contribution in [0.2, 0.25) is 10.0 Å². The van der Waals surface area contributed by atoms with Crippen molar-refractivity contribution in [3.05, 3.63) is 28.2 Å². The molecule has 0 saturated carbocycles. The molecule has 1 heterocycles. The molecule has 1 aromatic carbocycles. The summed E-state index contributed by atoms with van der Waals surface area (Å²) in [6, 6.07) is 4.04. The number of amides is 4. The lowest BCUT2D eigenvalue weighted by Gasteiger charge is -2.15. The van der Waals surface area contributed by atoms with E-state index in [9.17, 15) is 19.2 Å². The van der Waals surface area contributed by atoms with Crippen molar-refractivity contribution in [2.75, 3.05) is 18.5 Å². The lowest BCUT2D eigenvalue weighted by atomic mass is 10.1. The van der Waals surface area contributed by atoms with Gasteiger partial charge in [-0.15, -0.1) is 0 Å². The molecular formula is C17H19Cl2N3O5. The number of urea groups is 1. The number of halogens is 2. The van der Waals surface area contributed by atoms with Crippen LogP contribution >= 0.6 is 23.2 Å². The first-order valence-corrected chi connectivity index (χ1v) is 8.90. The van der Waals surface area contributed by atoms with E-state index in [0.29, 0.717) is 15.7 Å². The van der Waals surface area contributed by atoms with E-state index in [0.717, 1.165) is 4.90 Å². The Labute approximate surface area is 166 Å². The second-order valence-corrected chi connectivity index (χ2v) is 7.36. The highest BCUT2D eigenvalue weighted by Gasteiger charge is 2.43. The number of nitrogens with one attached hydrogen (secondary N) is 2. The molecule has 0 spiro atoms. The van der Waals surface area contributed by atoms with Crippen LogP contribution in [0.5, 0.6) is 0 Å². The van der Waals surface area contributed by atoms with Crippen molar-refractivity contribution in [2.24, 2.45) is 0 Å². The Morgan fingerprint density at radius 1 is 1.19 bits per heavy atom. The van der Waals surface area contributed by atoms with Crippen LogP contribution in [0.15, 0.2) is 18.2 Å². The number of anilines is 1. The monoisotopic (exact) mass is 415 g/mol. The van der Waals surface area contributed by atoms with Gasteiger partial charge in [0.15, 0.2) is 6.61 Å². The van der Waals surface area contributed by atoms with Crippen molar-refractivity contribution >= 4 is 52.7 Å². The Balaban J connectivity index is 1.71. The van der Waals surface area contributed by atoms with Crippen molar-refractivity contribution in [3.8, 4) is 0 Å². The lowest BCUT2D eigenvalue weighted by Crippen LogP contribution is -2.40. The minimum Gasteiger partial charge on any atom is -0.456 e. The molecule has 27 heavy (non-hydrogen) atoms. The fourth-order valence-corrected chi connectivity index (χ4v) is 2.97. The summed E-state index contributed by atoms with van der Waals surface area (Å²) in [7, 11) is 0. The quantitative estimate of drug-likeness (QED) is 0.525. The first-order valence-electron chi connectivity index (χ1n) is 8.14. The highest BCUT2D eigenvalue weighted by molar-refractivity contribution is 6.35. The van der Waals surface area contributed by atoms with Crippen LogP contribution in [0.25, 0.3) is 0 Å². The topological polar surface area (TPSA) is 105 Å². The van der Waals surface area contributed by atoms with Gasteiger partial charge in [-0.2, -0.15) is 0 Å². The maximum absolute atomic E-state index is 12.0. The van der Waals surface area contributed by atoms with E-state index >= 15 is 0 Å². The largest absolute Gasteiger partial charge is 0.456 e. The van der Waals surface area contributed by atoms with Crippen molar-refractivity contribution in [2.45, 2.75) is 32.2 Å². The molecule has 1 fully saturated rings. The highest BCUT2D eigenvalue weighted by atomic mass is 35.5. The molecule has 0 bridgehead atoms. The molecule has 4 amide bonds. The molecule has 0 unspecified atom stereocenters. The molecule has 1 aliphatic heterocycles. The molecule has 0 atom stereocenters. The van der Waals surface area contributed by atoms with Crippen LogP contribution in [0.3, 0.4) is 0 Å². The number of esters is 1. The van der Waals surface area contributed by atoms with Gasteiger partial charge in [0.2, 0.25) is 0 Å². The van der Waals surface area contributed by atoms with Gasteiger partial charge in [-0.1, -0.05) is 23.2 Å². The molecule has 0 aromatic heterocycles. The van der Waals surface area contributed by atoms with Crippen LogP contribution in [0.1, 0.15) is 26.7 Å². The standard InChI is InChI=1S/C17H19Cl2N3O5/c1-17(2)15(25)22(16(26)21-17)5-3-4-14(24)27-9-13(23)20-12-7-10(18)6-11(19)8-12/h6-8H,3-5,9H2,1-2H3,(H,20,23)(H,21,26). The Bertz CT molecular complexity index is 762. The number of hydrogen-bond donors (Lipinski definition) is 2.